The van der Waals surface area contributed by atoms with Gasteiger partial charge in [-0.1, -0.05) is 30.5 Å². The van der Waals surface area contributed by atoms with Crippen molar-refractivity contribution in [1.29, 1.82) is 0 Å². The Labute approximate surface area is 214 Å². The molecule has 1 saturated carbocycles. The number of ether oxygens (including phenoxy) is 2. The van der Waals surface area contributed by atoms with E-state index in [1.807, 2.05) is 30.5 Å². The zero-order valence-corrected chi connectivity index (χ0v) is 21.4. The van der Waals surface area contributed by atoms with Gasteiger partial charge >= 0.3 is 5.97 Å². The van der Waals surface area contributed by atoms with Crippen LogP contribution in [0.4, 0.5) is 0 Å². The van der Waals surface area contributed by atoms with Crippen molar-refractivity contribution in [2.24, 2.45) is 5.92 Å². The molecule has 4 rings (SSSR count). The summed E-state index contributed by atoms with van der Waals surface area (Å²) in [5, 5.41) is 2.68. The smallest absolute Gasteiger partial charge is 0.339 e. The molecule has 8 heteroatoms. The number of nitrogens with zero attached hydrogens (tertiary/aromatic N) is 2. The highest BCUT2D eigenvalue weighted by Gasteiger charge is 2.26. The molecule has 0 unspecified atom stereocenters. The number of esters is 1. The Morgan fingerprint density at radius 3 is 2.67 bits per heavy atom. The summed E-state index contributed by atoms with van der Waals surface area (Å²) in [7, 11) is 1.32. The SMILES string of the molecule is COC(=O)c1cncc(OCCc2csc(CC(=O)Cc3ccc(C)cc3C(=O)C3CCCC3)n2)c1. The molecular weight excluding hydrogens is 476 g/mol. The maximum atomic E-state index is 13.1. The van der Waals surface area contributed by atoms with E-state index in [9.17, 15) is 14.4 Å². The normalized spacial score (nSPS) is 13.5. The van der Waals surface area contributed by atoms with E-state index in [2.05, 4.69) is 9.97 Å². The average molecular weight is 507 g/mol. The molecule has 0 spiro atoms. The highest BCUT2D eigenvalue weighted by molar-refractivity contribution is 7.09. The van der Waals surface area contributed by atoms with E-state index in [1.54, 1.807) is 6.07 Å². The number of ketones is 2. The monoisotopic (exact) mass is 506 g/mol. The Morgan fingerprint density at radius 1 is 1.08 bits per heavy atom. The zero-order valence-electron chi connectivity index (χ0n) is 20.6. The number of thiazole rings is 1. The molecule has 0 atom stereocenters. The van der Waals surface area contributed by atoms with Crippen molar-refractivity contribution < 1.29 is 23.9 Å². The number of carbonyl (C=O) groups excluding carboxylic acids is 3. The van der Waals surface area contributed by atoms with Crippen LogP contribution in [0.15, 0.2) is 42.0 Å². The molecule has 2 aromatic heterocycles. The van der Waals surface area contributed by atoms with Crippen molar-refractivity contribution >= 4 is 28.9 Å². The van der Waals surface area contributed by atoms with E-state index in [0.717, 1.165) is 47.5 Å². The van der Waals surface area contributed by atoms with Gasteiger partial charge in [0.1, 0.15) is 16.5 Å². The second-order valence-electron chi connectivity index (χ2n) is 9.13. The number of hydrogen-bond acceptors (Lipinski definition) is 8. The van der Waals surface area contributed by atoms with Gasteiger partial charge in [-0.25, -0.2) is 9.78 Å². The van der Waals surface area contributed by atoms with Crippen molar-refractivity contribution in [3.05, 3.63) is 75.0 Å². The topological polar surface area (TPSA) is 95.5 Å². The number of carbonyl (C=O) groups is 3. The van der Waals surface area contributed by atoms with Crippen LogP contribution in [0.2, 0.25) is 0 Å². The summed E-state index contributed by atoms with van der Waals surface area (Å²) in [6, 6.07) is 7.40. The Bertz CT molecular complexity index is 1250. The lowest BCUT2D eigenvalue weighted by atomic mass is 9.90. The largest absolute Gasteiger partial charge is 0.492 e. The van der Waals surface area contributed by atoms with Gasteiger partial charge in [-0.3, -0.25) is 14.6 Å². The molecule has 0 aliphatic heterocycles. The van der Waals surface area contributed by atoms with Crippen LogP contribution in [-0.4, -0.2) is 41.2 Å². The fourth-order valence-corrected chi connectivity index (χ4v) is 5.33. The van der Waals surface area contributed by atoms with Gasteiger partial charge in [0.25, 0.3) is 0 Å². The fraction of sp³-hybridized carbons (Fsp3) is 0.393. The molecule has 188 valence electrons. The van der Waals surface area contributed by atoms with E-state index < -0.39 is 5.97 Å². The molecular formula is C28H30N2O5S. The minimum atomic E-state index is -0.470. The first-order valence-electron chi connectivity index (χ1n) is 12.2. The quantitative estimate of drug-likeness (QED) is 0.267. The summed E-state index contributed by atoms with van der Waals surface area (Å²) in [5.41, 5.74) is 3.72. The number of aromatic nitrogens is 2. The number of benzene rings is 1. The van der Waals surface area contributed by atoms with Gasteiger partial charge in [0.2, 0.25) is 0 Å². The van der Waals surface area contributed by atoms with Gasteiger partial charge in [-0.15, -0.1) is 11.3 Å². The number of hydrogen-bond donors (Lipinski definition) is 0. The highest BCUT2D eigenvalue weighted by atomic mass is 32.1. The molecule has 36 heavy (non-hydrogen) atoms. The van der Waals surface area contributed by atoms with Gasteiger partial charge in [0, 0.05) is 35.9 Å². The fourth-order valence-electron chi connectivity index (χ4n) is 4.47. The predicted octanol–water partition coefficient (Wildman–Crippen LogP) is 4.98. The van der Waals surface area contributed by atoms with Crippen LogP contribution >= 0.6 is 11.3 Å². The van der Waals surface area contributed by atoms with Gasteiger partial charge in [0.05, 0.1) is 37.6 Å². The standard InChI is InChI=1S/C28H30N2O5S/c1-18-7-8-20(25(11-18)27(32)19-5-3-4-6-19)12-23(31)14-26-30-22(17-36-26)9-10-35-24-13-21(15-29-16-24)28(33)34-2/h7-8,11,13,15-17,19H,3-6,9-10,12,14H2,1-2H3. The zero-order chi connectivity index (χ0) is 25.5. The lowest BCUT2D eigenvalue weighted by molar-refractivity contribution is -0.117. The van der Waals surface area contributed by atoms with Gasteiger partial charge in [-0.2, -0.15) is 0 Å². The number of aryl methyl sites for hydroxylation is 1. The Kier molecular flexibility index (Phi) is 8.59. The summed E-state index contributed by atoms with van der Waals surface area (Å²) < 4.78 is 10.4. The van der Waals surface area contributed by atoms with Crippen LogP contribution < -0.4 is 4.74 Å². The van der Waals surface area contributed by atoms with Crippen LogP contribution in [0.3, 0.4) is 0 Å². The number of Topliss-reactive ketones (excluding diaryl/α,β-unsaturated/α-hetero) is 2. The third kappa shape index (κ3) is 6.63. The first kappa shape index (κ1) is 25.7. The molecule has 3 aromatic rings. The molecule has 2 heterocycles. The third-order valence-electron chi connectivity index (χ3n) is 6.35. The molecule has 0 saturated heterocycles. The molecule has 7 nitrogen and oxygen atoms in total. The number of rotatable bonds is 11. The van der Waals surface area contributed by atoms with E-state index in [1.165, 1.54) is 30.8 Å². The molecule has 1 aromatic carbocycles. The number of pyridine rings is 1. The average Bonchev–Trinajstić information content (AvgIpc) is 3.57. The summed E-state index contributed by atoms with van der Waals surface area (Å²) in [4.78, 5) is 46.1. The minimum Gasteiger partial charge on any atom is -0.492 e. The summed E-state index contributed by atoms with van der Waals surface area (Å²) in [6.07, 6.45) is 8.08. The van der Waals surface area contributed by atoms with Crippen LogP contribution in [0.5, 0.6) is 5.75 Å². The Morgan fingerprint density at radius 2 is 1.89 bits per heavy atom. The van der Waals surface area contributed by atoms with Gasteiger partial charge < -0.3 is 9.47 Å². The molecule has 1 aliphatic carbocycles. The molecule has 1 fully saturated rings. The van der Waals surface area contributed by atoms with E-state index in [-0.39, 0.29) is 30.3 Å². The summed E-state index contributed by atoms with van der Waals surface area (Å²) >= 11 is 1.45. The lowest BCUT2D eigenvalue weighted by Crippen LogP contribution is -2.16. The Hall–Kier alpha value is -3.39. The second-order valence-corrected chi connectivity index (χ2v) is 10.1. The highest BCUT2D eigenvalue weighted by Crippen LogP contribution is 2.30. The predicted molar refractivity (Wildman–Crippen MR) is 137 cm³/mol. The van der Waals surface area contributed by atoms with E-state index in [0.29, 0.717) is 29.9 Å². The van der Waals surface area contributed by atoms with E-state index >= 15 is 0 Å². The van der Waals surface area contributed by atoms with Gasteiger partial charge in [-0.05, 0) is 37.5 Å². The molecule has 0 bridgehead atoms. The van der Waals surface area contributed by atoms with Crippen molar-refractivity contribution in [1.82, 2.24) is 9.97 Å². The number of methoxy groups -OCH3 is 1. The first-order valence-corrected chi connectivity index (χ1v) is 13.1. The molecule has 1 aliphatic rings. The maximum absolute atomic E-state index is 13.1. The summed E-state index contributed by atoms with van der Waals surface area (Å²) in [6.45, 7) is 2.34. The van der Waals surface area contributed by atoms with Crippen LogP contribution in [-0.2, 0) is 28.8 Å². The lowest BCUT2D eigenvalue weighted by Gasteiger charge is -2.13. The van der Waals surface area contributed by atoms with Crippen molar-refractivity contribution in [2.45, 2.75) is 51.9 Å². The Balaban J connectivity index is 1.31. The van der Waals surface area contributed by atoms with Crippen LogP contribution in [0.25, 0.3) is 0 Å². The third-order valence-corrected chi connectivity index (χ3v) is 7.25. The van der Waals surface area contributed by atoms with E-state index in [4.69, 9.17) is 9.47 Å². The van der Waals surface area contributed by atoms with Crippen LogP contribution in [0.1, 0.15) is 68.2 Å². The molecule has 0 N–H and O–H groups in total. The maximum Gasteiger partial charge on any atom is 0.339 e. The van der Waals surface area contributed by atoms with Gasteiger partial charge in [0.15, 0.2) is 5.78 Å². The molecule has 0 amide bonds. The first-order chi connectivity index (χ1) is 17.4. The minimum absolute atomic E-state index is 0.0437. The second kappa shape index (κ2) is 12.0. The molecule has 0 radical (unpaired) electrons. The van der Waals surface area contributed by atoms with Crippen LogP contribution in [0, 0.1) is 12.8 Å². The van der Waals surface area contributed by atoms with Crippen molar-refractivity contribution in [3.8, 4) is 5.75 Å². The van der Waals surface area contributed by atoms with Crippen molar-refractivity contribution in [2.75, 3.05) is 13.7 Å². The van der Waals surface area contributed by atoms with Crippen molar-refractivity contribution in [3.63, 3.8) is 0 Å². The summed E-state index contributed by atoms with van der Waals surface area (Å²) in [5.74, 6) is 0.320.